The van der Waals surface area contributed by atoms with Crippen LogP contribution in [-0.4, -0.2) is 16.1 Å². The highest BCUT2D eigenvalue weighted by Crippen LogP contribution is 2.01. The van der Waals surface area contributed by atoms with Gasteiger partial charge in [-0.05, 0) is 6.07 Å². The maximum atomic E-state index is 11.9. The Morgan fingerprint density at radius 1 is 1.64 bits per heavy atom. The lowest BCUT2D eigenvalue weighted by atomic mass is 10.3. The molecule has 3 nitrogen and oxygen atoms in total. The van der Waals surface area contributed by atoms with Crippen molar-refractivity contribution in [2.75, 3.05) is 0 Å². The van der Waals surface area contributed by atoms with Crippen LogP contribution < -0.4 is 0 Å². The predicted molar refractivity (Wildman–Crippen MR) is 36.0 cm³/mol. The number of rotatable bonds is 2. The van der Waals surface area contributed by atoms with Gasteiger partial charge in [0.2, 0.25) is 0 Å². The molecular formula is C7H6FNO2. The fourth-order valence-corrected chi connectivity index (χ4v) is 0.630. The summed E-state index contributed by atoms with van der Waals surface area (Å²) in [6.45, 7) is -0.618. The van der Waals surface area contributed by atoms with E-state index in [1.165, 1.54) is 18.3 Å². The van der Waals surface area contributed by atoms with Gasteiger partial charge in [0.15, 0.2) is 0 Å². The number of carboxylic acids is 1. The minimum Gasteiger partial charge on any atom is -0.477 e. The van der Waals surface area contributed by atoms with Gasteiger partial charge in [-0.3, -0.25) is 0 Å². The average molecular weight is 155 g/mol. The normalized spacial score (nSPS) is 9.55. The number of halogens is 1. The van der Waals surface area contributed by atoms with Crippen LogP contribution in [-0.2, 0) is 6.67 Å². The summed E-state index contributed by atoms with van der Waals surface area (Å²) in [5, 5.41) is 8.39. The van der Waals surface area contributed by atoms with E-state index < -0.39 is 12.6 Å². The van der Waals surface area contributed by atoms with Crippen molar-refractivity contribution in [3.63, 3.8) is 0 Å². The van der Waals surface area contributed by atoms with Gasteiger partial charge in [0.25, 0.3) is 0 Å². The highest BCUT2D eigenvalue weighted by molar-refractivity contribution is 5.85. The second-order valence-corrected chi connectivity index (χ2v) is 1.99. The van der Waals surface area contributed by atoms with E-state index in [1.807, 2.05) is 0 Å². The maximum Gasteiger partial charge on any atom is 0.354 e. The lowest BCUT2D eigenvalue weighted by molar-refractivity contribution is 0.0690. The van der Waals surface area contributed by atoms with Crippen LogP contribution in [0.4, 0.5) is 4.39 Å². The number of pyridine rings is 1. The van der Waals surface area contributed by atoms with Crippen LogP contribution in [0.15, 0.2) is 18.3 Å². The smallest absolute Gasteiger partial charge is 0.354 e. The third-order valence-electron chi connectivity index (χ3n) is 1.20. The van der Waals surface area contributed by atoms with E-state index in [0.29, 0.717) is 5.56 Å². The topological polar surface area (TPSA) is 50.2 Å². The average Bonchev–Trinajstić information content (AvgIpc) is 2.05. The molecule has 0 atom stereocenters. The molecule has 1 N–H and O–H groups in total. The quantitative estimate of drug-likeness (QED) is 0.699. The van der Waals surface area contributed by atoms with Crippen LogP contribution in [0.3, 0.4) is 0 Å². The van der Waals surface area contributed by atoms with Gasteiger partial charge in [-0.25, -0.2) is 14.2 Å². The van der Waals surface area contributed by atoms with Crippen molar-refractivity contribution >= 4 is 5.97 Å². The molecule has 0 aliphatic rings. The van der Waals surface area contributed by atoms with Crippen LogP contribution in [0.25, 0.3) is 0 Å². The molecule has 0 saturated carbocycles. The zero-order valence-electron chi connectivity index (χ0n) is 5.62. The first-order valence-corrected chi connectivity index (χ1v) is 2.98. The zero-order chi connectivity index (χ0) is 8.27. The Bertz CT molecular complexity index is 258. The van der Waals surface area contributed by atoms with Crippen LogP contribution in [0.1, 0.15) is 16.1 Å². The summed E-state index contributed by atoms with van der Waals surface area (Å²) >= 11 is 0. The third kappa shape index (κ3) is 1.73. The van der Waals surface area contributed by atoms with E-state index in [4.69, 9.17) is 5.11 Å². The molecule has 1 aromatic rings. The molecule has 0 bridgehead atoms. The van der Waals surface area contributed by atoms with Gasteiger partial charge in [-0.15, -0.1) is 0 Å². The molecule has 0 unspecified atom stereocenters. The number of aromatic carboxylic acids is 1. The predicted octanol–water partition coefficient (Wildman–Crippen LogP) is 1.25. The molecule has 58 valence electrons. The first-order chi connectivity index (χ1) is 5.24. The van der Waals surface area contributed by atoms with Gasteiger partial charge in [0.1, 0.15) is 12.4 Å². The second kappa shape index (κ2) is 3.09. The summed E-state index contributed by atoms with van der Waals surface area (Å²) in [4.78, 5) is 13.8. The Morgan fingerprint density at radius 2 is 2.36 bits per heavy atom. The third-order valence-corrected chi connectivity index (χ3v) is 1.20. The van der Waals surface area contributed by atoms with Gasteiger partial charge >= 0.3 is 5.97 Å². The van der Waals surface area contributed by atoms with Crippen molar-refractivity contribution in [3.8, 4) is 0 Å². The van der Waals surface area contributed by atoms with E-state index >= 15 is 0 Å². The molecule has 1 aromatic heterocycles. The van der Waals surface area contributed by atoms with Gasteiger partial charge in [0.05, 0.1) is 0 Å². The fraction of sp³-hybridized carbons (Fsp3) is 0.143. The molecular weight excluding hydrogens is 149 g/mol. The van der Waals surface area contributed by atoms with Crippen molar-refractivity contribution in [2.45, 2.75) is 6.67 Å². The molecule has 0 aromatic carbocycles. The molecule has 0 saturated heterocycles. The van der Waals surface area contributed by atoms with Crippen molar-refractivity contribution in [3.05, 3.63) is 29.6 Å². The van der Waals surface area contributed by atoms with Crippen LogP contribution in [0, 0.1) is 0 Å². The standard InChI is InChI=1S/C7H6FNO2/c8-3-5-1-2-6(7(10)11)9-4-5/h1-2,4H,3H2,(H,10,11). The summed E-state index contributed by atoms with van der Waals surface area (Å²) in [7, 11) is 0. The number of carbonyl (C=O) groups is 1. The molecule has 0 radical (unpaired) electrons. The largest absolute Gasteiger partial charge is 0.477 e. The SMILES string of the molecule is O=C(O)c1ccc(CF)cn1. The van der Waals surface area contributed by atoms with Crippen molar-refractivity contribution in [1.29, 1.82) is 0 Å². The fourth-order valence-electron chi connectivity index (χ4n) is 0.630. The highest BCUT2D eigenvalue weighted by atomic mass is 19.1. The molecule has 1 rings (SSSR count). The summed E-state index contributed by atoms with van der Waals surface area (Å²) in [6, 6.07) is 2.67. The Hall–Kier alpha value is -1.45. The Morgan fingerprint density at radius 3 is 2.73 bits per heavy atom. The number of alkyl halides is 1. The number of hydrogen-bond donors (Lipinski definition) is 1. The zero-order valence-corrected chi connectivity index (χ0v) is 5.62. The molecule has 4 heteroatoms. The van der Waals surface area contributed by atoms with E-state index in [9.17, 15) is 9.18 Å². The second-order valence-electron chi connectivity index (χ2n) is 1.99. The van der Waals surface area contributed by atoms with E-state index in [0.717, 1.165) is 0 Å². The molecule has 0 spiro atoms. The Balaban J connectivity index is 2.91. The maximum absolute atomic E-state index is 11.9. The van der Waals surface area contributed by atoms with Gasteiger partial charge in [-0.1, -0.05) is 6.07 Å². The van der Waals surface area contributed by atoms with Gasteiger partial charge in [0, 0.05) is 11.8 Å². The highest BCUT2D eigenvalue weighted by Gasteiger charge is 2.02. The van der Waals surface area contributed by atoms with Crippen LogP contribution in [0.5, 0.6) is 0 Å². The molecule has 0 aliphatic carbocycles. The molecule has 1 heterocycles. The lowest BCUT2D eigenvalue weighted by Gasteiger charge is -1.93. The lowest BCUT2D eigenvalue weighted by Crippen LogP contribution is -1.99. The van der Waals surface area contributed by atoms with Crippen molar-refractivity contribution in [2.24, 2.45) is 0 Å². The Kier molecular flexibility index (Phi) is 2.15. The van der Waals surface area contributed by atoms with E-state index in [1.54, 1.807) is 0 Å². The first-order valence-electron chi connectivity index (χ1n) is 2.98. The number of carboxylic acid groups (broad SMARTS) is 1. The van der Waals surface area contributed by atoms with Crippen molar-refractivity contribution < 1.29 is 14.3 Å². The first kappa shape index (κ1) is 7.65. The number of hydrogen-bond acceptors (Lipinski definition) is 2. The van der Waals surface area contributed by atoms with E-state index in [2.05, 4.69) is 4.98 Å². The monoisotopic (exact) mass is 155 g/mol. The number of nitrogens with zero attached hydrogens (tertiary/aromatic N) is 1. The number of aromatic nitrogens is 1. The molecule has 11 heavy (non-hydrogen) atoms. The minimum absolute atomic E-state index is 0.0674. The van der Waals surface area contributed by atoms with Gasteiger partial charge < -0.3 is 5.11 Å². The van der Waals surface area contributed by atoms with Crippen LogP contribution in [0.2, 0.25) is 0 Å². The van der Waals surface area contributed by atoms with Crippen LogP contribution >= 0.6 is 0 Å². The summed E-state index contributed by atoms with van der Waals surface area (Å²) in [5.41, 5.74) is 0.317. The minimum atomic E-state index is -1.10. The summed E-state index contributed by atoms with van der Waals surface area (Å²) < 4.78 is 11.9. The summed E-state index contributed by atoms with van der Waals surface area (Å²) in [6.07, 6.45) is 1.21. The molecule has 0 amide bonds. The summed E-state index contributed by atoms with van der Waals surface area (Å²) in [5.74, 6) is -1.10. The van der Waals surface area contributed by atoms with E-state index in [-0.39, 0.29) is 5.69 Å². The molecule has 0 aliphatic heterocycles. The Labute approximate surface area is 62.5 Å². The van der Waals surface area contributed by atoms with Crippen molar-refractivity contribution in [1.82, 2.24) is 4.98 Å². The molecule has 0 fully saturated rings. The van der Waals surface area contributed by atoms with Gasteiger partial charge in [-0.2, -0.15) is 0 Å².